The summed E-state index contributed by atoms with van der Waals surface area (Å²) in [6, 6.07) is 1.97. The zero-order valence-corrected chi connectivity index (χ0v) is 10.4. The Labute approximate surface area is 102 Å². The molecule has 0 aliphatic heterocycles. The second kappa shape index (κ2) is 5.36. The Bertz CT molecular complexity index is 382. The van der Waals surface area contributed by atoms with Gasteiger partial charge in [-0.15, -0.1) is 0 Å². The van der Waals surface area contributed by atoms with E-state index < -0.39 is 0 Å². The Kier molecular flexibility index (Phi) is 3.84. The minimum absolute atomic E-state index is 0.156. The topological polar surface area (TPSA) is 54.4 Å². The number of aliphatic hydroxyl groups is 1. The van der Waals surface area contributed by atoms with Crippen molar-refractivity contribution in [3.63, 3.8) is 0 Å². The van der Waals surface area contributed by atoms with Gasteiger partial charge >= 0.3 is 0 Å². The van der Waals surface area contributed by atoms with Gasteiger partial charge in [-0.25, -0.2) is 0 Å². The van der Waals surface area contributed by atoms with Gasteiger partial charge in [0.05, 0.1) is 25.1 Å². The Hall–Kier alpha value is -1.29. The number of aromatic nitrogens is 1. The van der Waals surface area contributed by atoms with Crippen LogP contribution >= 0.6 is 0 Å². The average Bonchev–Trinajstić information content (AvgIpc) is 2.72. The summed E-state index contributed by atoms with van der Waals surface area (Å²) < 4.78 is 5.25. The van der Waals surface area contributed by atoms with E-state index in [9.17, 15) is 5.11 Å². The Morgan fingerprint density at radius 2 is 2.35 bits per heavy atom. The minimum Gasteiger partial charge on any atom is -0.493 e. The van der Waals surface area contributed by atoms with Gasteiger partial charge in [-0.05, 0) is 25.8 Å². The van der Waals surface area contributed by atoms with E-state index in [2.05, 4.69) is 10.3 Å². The molecule has 0 aromatic carbocycles. The zero-order chi connectivity index (χ0) is 12.3. The normalized spacial score (nSPS) is 23.7. The fourth-order valence-electron chi connectivity index (χ4n) is 2.34. The van der Waals surface area contributed by atoms with Gasteiger partial charge in [-0.1, -0.05) is 6.42 Å². The largest absolute Gasteiger partial charge is 0.493 e. The molecule has 1 aromatic heterocycles. The van der Waals surface area contributed by atoms with Crippen molar-refractivity contribution in [3.05, 3.63) is 18.0 Å². The highest BCUT2D eigenvalue weighted by molar-refractivity contribution is 5.55. The third-order valence-electron chi connectivity index (χ3n) is 3.40. The van der Waals surface area contributed by atoms with Crippen molar-refractivity contribution in [2.24, 2.45) is 5.92 Å². The molecular formula is C13H20N2O2. The van der Waals surface area contributed by atoms with Crippen LogP contribution in [0, 0.1) is 12.8 Å². The molecule has 1 saturated carbocycles. The van der Waals surface area contributed by atoms with Gasteiger partial charge in [-0.3, -0.25) is 4.98 Å². The first-order valence-electron chi connectivity index (χ1n) is 6.13. The summed E-state index contributed by atoms with van der Waals surface area (Å²) in [5.41, 5.74) is 1.92. The number of nitrogens with one attached hydrogen (secondary N) is 1. The quantitative estimate of drug-likeness (QED) is 0.839. The number of nitrogens with zero attached hydrogens (tertiary/aromatic N) is 1. The first kappa shape index (κ1) is 12.2. The van der Waals surface area contributed by atoms with Crippen LogP contribution < -0.4 is 10.1 Å². The lowest BCUT2D eigenvalue weighted by molar-refractivity contribution is 0.138. The number of rotatable bonds is 4. The molecule has 1 fully saturated rings. The van der Waals surface area contributed by atoms with Crippen molar-refractivity contribution >= 4 is 5.69 Å². The number of pyridine rings is 1. The van der Waals surface area contributed by atoms with Gasteiger partial charge in [0.25, 0.3) is 0 Å². The third-order valence-corrected chi connectivity index (χ3v) is 3.40. The van der Waals surface area contributed by atoms with Gasteiger partial charge in [0.15, 0.2) is 5.75 Å². The molecule has 1 aliphatic carbocycles. The molecule has 1 aliphatic rings. The summed E-state index contributed by atoms with van der Waals surface area (Å²) in [6.07, 6.45) is 4.72. The highest BCUT2D eigenvalue weighted by Crippen LogP contribution is 2.28. The summed E-state index contributed by atoms with van der Waals surface area (Å²) in [5, 5.41) is 13.1. The van der Waals surface area contributed by atoms with Crippen LogP contribution in [-0.2, 0) is 0 Å². The van der Waals surface area contributed by atoms with Crippen molar-refractivity contribution in [2.75, 3.05) is 19.0 Å². The summed E-state index contributed by atoms with van der Waals surface area (Å²) in [5.74, 6) is 1.11. The number of anilines is 1. The second-order valence-corrected chi connectivity index (χ2v) is 4.67. The smallest absolute Gasteiger partial charge is 0.160 e. The summed E-state index contributed by atoms with van der Waals surface area (Å²) in [4.78, 5) is 4.19. The molecule has 0 spiro atoms. The van der Waals surface area contributed by atoms with Crippen LogP contribution in [0.25, 0.3) is 0 Å². The molecule has 0 amide bonds. The molecule has 4 heteroatoms. The number of hydrogen-bond acceptors (Lipinski definition) is 4. The van der Waals surface area contributed by atoms with E-state index in [4.69, 9.17) is 4.74 Å². The highest BCUT2D eigenvalue weighted by Gasteiger charge is 2.24. The summed E-state index contributed by atoms with van der Waals surface area (Å²) >= 11 is 0. The van der Waals surface area contributed by atoms with Crippen LogP contribution in [-0.4, -0.2) is 29.8 Å². The SMILES string of the molecule is COc1cnc(C)cc1NCC1CCCC1O. The lowest BCUT2D eigenvalue weighted by Crippen LogP contribution is -2.22. The van der Waals surface area contributed by atoms with Crippen molar-refractivity contribution < 1.29 is 9.84 Å². The van der Waals surface area contributed by atoms with Crippen molar-refractivity contribution in [1.82, 2.24) is 4.98 Å². The Morgan fingerprint density at radius 1 is 1.53 bits per heavy atom. The predicted molar refractivity (Wildman–Crippen MR) is 67.4 cm³/mol. The molecule has 2 N–H and O–H groups in total. The van der Waals surface area contributed by atoms with Gasteiger partial charge in [0.1, 0.15) is 0 Å². The standard InChI is InChI=1S/C13H20N2O2/c1-9-6-11(13(17-2)8-14-9)15-7-10-4-3-5-12(10)16/h6,8,10,12,16H,3-5,7H2,1-2H3,(H,14,15). The monoisotopic (exact) mass is 236 g/mol. The van der Waals surface area contributed by atoms with Gasteiger partial charge in [-0.2, -0.15) is 0 Å². The highest BCUT2D eigenvalue weighted by atomic mass is 16.5. The number of aryl methyl sites for hydroxylation is 1. The summed E-state index contributed by atoms with van der Waals surface area (Å²) in [6.45, 7) is 2.75. The van der Waals surface area contributed by atoms with Crippen molar-refractivity contribution in [3.8, 4) is 5.75 Å². The van der Waals surface area contributed by atoms with E-state index in [-0.39, 0.29) is 6.10 Å². The number of ether oxygens (including phenoxy) is 1. The molecule has 0 radical (unpaired) electrons. The Morgan fingerprint density at radius 3 is 3.00 bits per heavy atom. The van der Waals surface area contributed by atoms with E-state index in [1.54, 1.807) is 13.3 Å². The first-order valence-corrected chi connectivity index (χ1v) is 6.13. The maximum atomic E-state index is 9.76. The number of aliphatic hydroxyl groups excluding tert-OH is 1. The lowest BCUT2D eigenvalue weighted by atomic mass is 10.1. The zero-order valence-electron chi connectivity index (χ0n) is 10.4. The van der Waals surface area contributed by atoms with Gasteiger partial charge < -0.3 is 15.2 Å². The third kappa shape index (κ3) is 2.88. The van der Waals surface area contributed by atoms with Gasteiger partial charge in [0, 0.05) is 18.2 Å². The number of hydrogen-bond donors (Lipinski definition) is 2. The van der Waals surface area contributed by atoms with Crippen LogP contribution in [0.15, 0.2) is 12.3 Å². The second-order valence-electron chi connectivity index (χ2n) is 4.67. The molecule has 2 atom stereocenters. The summed E-state index contributed by atoms with van der Waals surface area (Å²) in [7, 11) is 1.64. The van der Waals surface area contributed by atoms with E-state index in [1.807, 2.05) is 13.0 Å². The van der Waals surface area contributed by atoms with Crippen LogP contribution in [0.1, 0.15) is 25.0 Å². The molecule has 1 heterocycles. The fraction of sp³-hybridized carbons (Fsp3) is 0.615. The molecule has 2 rings (SSSR count). The molecule has 2 unspecified atom stereocenters. The van der Waals surface area contributed by atoms with Crippen LogP contribution in [0.2, 0.25) is 0 Å². The first-order chi connectivity index (χ1) is 8.20. The van der Waals surface area contributed by atoms with E-state index in [1.165, 1.54) is 0 Å². The van der Waals surface area contributed by atoms with E-state index in [0.717, 1.165) is 42.9 Å². The predicted octanol–water partition coefficient (Wildman–Crippen LogP) is 1.97. The van der Waals surface area contributed by atoms with Crippen molar-refractivity contribution in [1.29, 1.82) is 0 Å². The molecule has 0 bridgehead atoms. The van der Waals surface area contributed by atoms with Crippen molar-refractivity contribution in [2.45, 2.75) is 32.3 Å². The molecular weight excluding hydrogens is 216 g/mol. The van der Waals surface area contributed by atoms with E-state index in [0.29, 0.717) is 5.92 Å². The molecule has 0 saturated heterocycles. The number of methoxy groups -OCH3 is 1. The minimum atomic E-state index is -0.156. The van der Waals surface area contributed by atoms with Crippen LogP contribution in [0.4, 0.5) is 5.69 Å². The average molecular weight is 236 g/mol. The maximum Gasteiger partial charge on any atom is 0.160 e. The Balaban J connectivity index is 2.00. The van der Waals surface area contributed by atoms with E-state index >= 15 is 0 Å². The molecule has 17 heavy (non-hydrogen) atoms. The van der Waals surface area contributed by atoms with Crippen LogP contribution in [0.3, 0.4) is 0 Å². The fourth-order valence-corrected chi connectivity index (χ4v) is 2.34. The maximum absolute atomic E-state index is 9.76. The molecule has 94 valence electrons. The lowest BCUT2D eigenvalue weighted by Gasteiger charge is -2.17. The molecule has 4 nitrogen and oxygen atoms in total. The molecule has 1 aromatic rings. The van der Waals surface area contributed by atoms with Gasteiger partial charge in [0.2, 0.25) is 0 Å². The van der Waals surface area contributed by atoms with Crippen LogP contribution in [0.5, 0.6) is 5.75 Å².